The first kappa shape index (κ1) is 12.7. The van der Waals surface area contributed by atoms with Crippen LogP contribution in [0.3, 0.4) is 0 Å². The number of hydrogen-bond donors (Lipinski definition) is 1. The van der Waals surface area contributed by atoms with Crippen molar-refractivity contribution in [3.05, 3.63) is 12.7 Å². The Labute approximate surface area is 111 Å². The SMILES string of the molecule is C=CCC12CCCC1(NC1CCCCC1)OCC2. The molecule has 0 amide bonds. The molecule has 1 aliphatic heterocycles. The van der Waals surface area contributed by atoms with E-state index in [0.29, 0.717) is 11.5 Å². The van der Waals surface area contributed by atoms with Gasteiger partial charge in [0.15, 0.2) is 0 Å². The molecule has 0 bridgehead atoms. The lowest BCUT2D eigenvalue weighted by Crippen LogP contribution is -2.56. The van der Waals surface area contributed by atoms with Crippen molar-refractivity contribution < 1.29 is 4.74 Å². The smallest absolute Gasteiger partial charge is 0.125 e. The molecule has 0 aromatic rings. The highest BCUT2D eigenvalue weighted by molar-refractivity contribution is 5.09. The van der Waals surface area contributed by atoms with E-state index >= 15 is 0 Å². The van der Waals surface area contributed by atoms with Gasteiger partial charge in [0.2, 0.25) is 0 Å². The molecule has 0 radical (unpaired) electrons. The second kappa shape index (κ2) is 4.97. The Hall–Kier alpha value is -0.340. The maximum atomic E-state index is 6.26. The van der Waals surface area contributed by atoms with Gasteiger partial charge in [-0.25, -0.2) is 0 Å². The maximum absolute atomic E-state index is 6.26. The Bertz CT molecular complexity index is 296. The summed E-state index contributed by atoms with van der Waals surface area (Å²) in [6.07, 6.45) is 15.2. The second-order valence-electron chi connectivity index (χ2n) is 6.53. The van der Waals surface area contributed by atoms with Crippen molar-refractivity contribution in [2.45, 2.75) is 76.0 Å². The number of hydrogen-bond acceptors (Lipinski definition) is 2. The van der Waals surface area contributed by atoms with E-state index in [1.807, 2.05) is 0 Å². The van der Waals surface area contributed by atoms with Crippen LogP contribution >= 0.6 is 0 Å². The van der Waals surface area contributed by atoms with Crippen molar-refractivity contribution in [2.75, 3.05) is 6.61 Å². The molecule has 0 aromatic heterocycles. The van der Waals surface area contributed by atoms with Crippen LogP contribution in [0.4, 0.5) is 0 Å². The van der Waals surface area contributed by atoms with Crippen LogP contribution in [0.1, 0.15) is 64.2 Å². The molecule has 1 heterocycles. The van der Waals surface area contributed by atoms with Gasteiger partial charge in [0, 0.05) is 18.1 Å². The van der Waals surface area contributed by atoms with Gasteiger partial charge in [-0.05, 0) is 44.9 Å². The van der Waals surface area contributed by atoms with E-state index in [2.05, 4.69) is 18.0 Å². The molecule has 2 unspecified atom stereocenters. The molecule has 0 spiro atoms. The predicted molar refractivity (Wildman–Crippen MR) is 74.4 cm³/mol. The minimum atomic E-state index is -0.0107. The number of rotatable bonds is 4. The summed E-state index contributed by atoms with van der Waals surface area (Å²) in [5.74, 6) is 0. The fourth-order valence-corrected chi connectivity index (χ4v) is 4.60. The number of nitrogens with one attached hydrogen (secondary N) is 1. The molecule has 1 saturated heterocycles. The first-order valence-electron chi connectivity index (χ1n) is 7.83. The molecule has 102 valence electrons. The third kappa shape index (κ3) is 1.94. The lowest BCUT2D eigenvalue weighted by atomic mass is 9.75. The van der Waals surface area contributed by atoms with Gasteiger partial charge in [-0.2, -0.15) is 0 Å². The van der Waals surface area contributed by atoms with Gasteiger partial charge in [0.25, 0.3) is 0 Å². The van der Waals surface area contributed by atoms with E-state index in [-0.39, 0.29) is 5.72 Å². The number of ether oxygens (including phenoxy) is 1. The predicted octanol–water partition coefficient (Wildman–Crippen LogP) is 3.77. The topological polar surface area (TPSA) is 21.3 Å². The van der Waals surface area contributed by atoms with Crippen LogP contribution in [0.25, 0.3) is 0 Å². The highest BCUT2D eigenvalue weighted by atomic mass is 16.5. The van der Waals surface area contributed by atoms with Crippen LogP contribution in [0.5, 0.6) is 0 Å². The Kier molecular flexibility index (Phi) is 3.50. The van der Waals surface area contributed by atoms with Crippen LogP contribution in [0, 0.1) is 5.41 Å². The third-order valence-electron chi connectivity index (χ3n) is 5.55. The van der Waals surface area contributed by atoms with Crippen molar-refractivity contribution in [1.29, 1.82) is 0 Å². The van der Waals surface area contributed by atoms with Crippen molar-refractivity contribution >= 4 is 0 Å². The Morgan fingerprint density at radius 3 is 2.72 bits per heavy atom. The second-order valence-corrected chi connectivity index (χ2v) is 6.53. The molecule has 2 atom stereocenters. The molecule has 18 heavy (non-hydrogen) atoms. The zero-order valence-electron chi connectivity index (χ0n) is 11.5. The van der Waals surface area contributed by atoms with Gasteiger partial charge in [0.1, 0.15) is 5.72 Å². The molecule has 3 fully saturated rings. The molecular formula is C16H27NO. The lowest BCUT2D eigenvalue weighted by molar-refractivity contribution is -0.0822. The average molecular weight is 249 g/mol. The van der Waals surface area contributed by atoms with E-state index in [0.717, 1.165) is 13.0 Å². The highest BCUT2D eigenvalue weighted by Crippen LogP contribution is 2.56. The van der Waals surface area contributed by atoms with E-state index in [9.17, 15) is 0 Å². The molecular weight excluding hydrogens is 222 g/mol. The van der Waals surface area contributed by atoms with Gasteiger partial charge in [-0.1, -0.05) is 25.3 Å². The van der Waals surface area contributed by atoms with Crippen molar-refractivity contribution in [3.63, 3.8) is 0 Å². The van der Waals surface area contributed by atoms with Crippen LogP contribution in [-0.4, -0.2) is 18.4 Å². The number of allylic oxidation sites excluding steroid dienone is 1. The standard InChI is InChI=1S/C16H27NO/c1-2-9-15-10-6-11-16(15,18-13-12-15)17-14-7-4-3-5-8-14/h2,14,17H,1,3-13H2. The minimum Gasteiger partial charge on any atom is -0.360 e. The molecule has 0 aromatic carbocycles. The molecule has 2 nitrogen and oxygen atoms in total. The lowest BCUT2D eigenvalue weighted by Gasteiger charge is -2.43. The molecule has 3 rings (SSSR count). The monoisotopic (exact) mass is 249 g/mol. The summed E-state index contributed by atoms with van der Waals surface area (Å²) in [5.41, 5.74) is 0.343. The Balaban J connectivity index is 1.76. The summed E-state index contributed by atoms with van der Waals surface area (Å²) in [6.45, 7) is 4.91. The summed E-state index contributed by atoms with van der Waals surface area (Å²) < 4.78 is 6.26. The normalized spacial score (nSPS) is 40.9. The highest BCUT2D eigenvalue weighted by Gasteiger charge is 2.58. The van der Waals surface area contributed by atoms with Crippen molar-refractivity contribution in [2.24, 2.45) is 5.41 Å². The summed E-state index contributed by atoms with van der Waals surface area (Å²) in [4.78, 5) is 0. The van der Waals surface area contributed by atoms with Gasteiger partial charge in [0.05, 0.1) is 0 Å². The summed E-state index contributed by atoms with van der Waals surface area (Å²) in [7, 11) is 0. The van der Waals surface area contributed by atoms with E-state index in [4.69, 9.17) is 4.74 Å². The zero-order chi connectivity index (χ0) is 12.5. The third-order valence-corrected chi connectivity index (χ3v) is 5.55. The molecule has 1 N–H and O–H groups in total. The Morgan fingerprint density at radius 1 is 1.11 bits per heavy atom. The van der Waals surface area contributed by atoms with E-state index < -0.39 is 0 Å². The fraction of sp³-hybridized carbons (Fsp3) is 0.875. The average Bonchev–Trinajstić information content (AvgIpc) is 2.85. The van der Waals surface area contributed by atoms with Crippen molar-refractivity contribution in [3.8, 4) is 0 Å². The molecule has 2 aliphatic carbocycles. The van der Waals surface area contributed by atoms with E-state index in [1.54, 1.807) is 0 Å². The fourth-order valence-electron chi connectivity index (χ4n) is 4.60. The Morgan fingerprint density at radius 2 is 1.94 bits per heavy atom. The maximum Gasteiger partial charge on any atom is 0.125 e. The van der Waals surface area contributed by atoms with Gasteiger partial charge in [-0.3, -0.25) is 5.32 Å². The number of fused-ring (bicyclic) bond motifs is 1. The summed E-state index contributed by atoms with van der Waals surface area (Å²) >= 11 is 0. The molecule has 3 aliphatic rings. The first-order valence-corrected chi connectivity index (χ1v) is 7.83. The quantitative estimate of drug-likeness (QED) is 0.766. The summed E-state index contributed by atoms with van der Waals surface area (Å²) in [5, 5.41) is 3.95. The summed E-state index contributed by atoms with van der Waals surface area (Å²) in [6, 6.07) is 0.694. The van der Waals surface area contributed by atoms with Crippen LogP contribution in [-0.2, 0) is 4.74 Å². The van der Waals surface area contributed by atoms with Gasteiger partial charge >= 0.3 is 0 Å². The molecule has 2 saturated carbocycles. The van der Waals surface area contributed by atoms with E-state index in [1.165, 1.54) is 57.8 Å². The largest absolute Gasteiger partial charge is 0.360 e. The zero-order valence-corrected chi connectivity index (χ0v) is 11.5. The van der Waals surface area contributed by atoms with Crippen molar-refractivity contribution in [1.82, 2.24) is 5.32 Å². The van der Waals surface area contributed by atoms with Crippen LogP contribution < -0.4 is 5.32 Å². The molecule has 2 heteroatoms. The van der Waals surface area contributed by atoms with Crippen LogP contribution in [0.15, 0.2) is 12.7 Å². The van der Waals surface area contributed by atoms with Crippen LogP contribution in [0.2, 0.25) is 0 Å². The first-order chi connectivity index (χ1) is 8.80. The van der Waals surface area contributed by atoms with Gasteiger partial charge < -0.3 is 4.74 Å². The van der Waals surface area contributed by atoms with Gasteiger partial charge in [-0.15, -0.1) is 6.58 Å². The minimum absolute atomic E-state index is 0.0107.